The first-order chi connectivity index (χ1) is 10.6. The van der Waals surface area contributed by atoms with E-state index in [1.807, 2.05) is 0 Å². The number of hydrogen-bond acceptors (Lipinski definition) is 5. The third kappa shape index (κ3) is 12.1. The molecule has 0 spiro atoms. The molecule has 0 bridgehead atoms. The second kappa shape index (κ2) is 12.9. The molecule has 136 valence electrons. The zero-order chi connectivity index (χ0) is 18.0. The van der Waals surface area contributed by atoms with Gasteiger partial charge in [0.15, 0.2) is 0 Å². The van der Waals surface area contributed by atoms with Crippen LogP contribution in [0.4, 0.5) is 4.79 Å². The Morgan fingerprint density at radius 1 is 1.38 bits per heavy atom. The van der Waals surface area contributed by atoms with Crippen LogP contribution in [0.2, 0.25) is 0 Å². The first-order valence-corrected chi connectivity index (χ1v) is 7.93. The molecule has 0 saturated carbocycles. The van der Waals surface area contributed by atoms with Gasteiger partial charge in [-0.05, 0) is 20.8 Å². The Hall–Kier alpha value is -0.366. The maximum absolute atomic E-state index is 11.8. The summed E-state index contributed by atoms with van der Waals surface area (Å²) in [6.07, 6.45) is 3.17. The Morgan fingerprint density at radius 3 is 2.33 bits per heavy atom. The van der Waals surface area contributed by atoms with Crippen LogP contribution in [0.1, 0.15) is 47.0 Å². The number of amides is 2. The summed E-state index contributed by atoms with van der Waals surface area (Å²) in [5, 5.41) is 13.1. The first-order valence-electron chi connectivity index (χ1n) is 7.93. The van der Waals surface area contributed by atoms with Crippen molar-refractivity contribution >= 4 is 12.0 Å². The molecule has 0 radical (unpaired) electrons. The third-order valence-electron chi connectivity index (χ3n) is 2.96. The number of hydrogen-bond donors (Lipinski definition) is 2. The Morgan fingerprint density at radius 2 is 1.96 bits per heavy atom. The SMILES string of the molecule is [CH2-]C(=O)NCC1CN(C(=O)OC(C)(C)C)CN1O.[CH2-]CCCC.[Y+3]. The maximum atomic E-state index is 11.8. The molecular weight excluding hydrogens is 387 g/mol. The van der Waals surface area contributed by atoms with Crippen molar-refractivity contribution in [1.82, 2.24) is 15.3 Å². The van der Waals surface area contributed by atoms with Crippen molar-refractivity contribution in [3.8, 4) is 0 Å². The number of hydroxylamine groups is 2. The normalized spacial score (nSPS) is 17.4. The van der Waals surface area contributed by atoms with E-state index in [-0.39, 0.29) is 52.0 Å². The van der Waals surface area contributed by atoms with E-state index in [0.717, 1.165) is 11.5 Å². The van der Waals surface area contributed by atoms with Crippen molar-refractivity contribution in [3.05, 3.63) is 13.8 Å². The number of carbonyl (C=O) groups is 2. The molecule has 24 heavy (non-hydrogen) atoms. The van der Waals surface area contributed by atoms with E-state index >= 15 is 0 Å². The summed E-state index contributed by atoms with van der Waals surface area (Å²) >= 11 is 0. The Balaban J connectivity index is 0. The van der Waals surface area contributed by atoms with E-state index in [1.165, 1.54) is 17.7 Å². The number of rotatable bonds is 4. The van der Waals surface area contributed by atoms with Gasteiger partial charge in [-0.2, -0.15) is 11.5 Å². The smallest absolute Gasteiger partial charge is 0.444 e. The largest absolute Gasteiger partial charge is 3.00 e. The van der Waals surface area contributed by atoms with Crippen molar-refractivity contribution in [3.63, 3.8) is 0 Å². The summed E-state index contributed by atoms with van der Waals surface area (Å²) in [6, 6.07) is -0.344. The van der Waals surface area contributed by atoms with E-state index in [2.05, 4.69) is 26.1 Å². The van der Waals surface area contributed by atoms with Gasteiger partial charge in [0.1, 0.15) is 12.3 Å². The van der Waals surface area contributed by atoms with Crippen LogP contribution in [0.5, 0.6) is 0 Å². The van der Waals surface area contributed by atoms with Crippen LogP contribution in [-0.4, -0.2) is 58.6 Å². The van der Waals surface area contributed by atoms with Crippen LogP contribution in [0, 0.1) is 13.8 Å². The molecule has 2 amide bonds. The summed E-state index contributed by atoms with van der Waals surface area (Å²) in [7, 11) is 0. The Bertz CT molecular complexity index is 373. The molecule has 1 aliphatic heterocycles. The molecule has 7 nitrogen and oxygen atoms in total. The molecule has 1 fully saturated rings. The van der Waals surface area contributed by atoms with Gasteiger partial charge in [-0.1, -0.05) is 19.8 Å². The van der Waals surface area contributed by atoms with Gasteiger partial charge in [0, 0.05) is 13.1 Å². The van der Waals surface area contributed by atoms with Crippen molar-refractivity contribution in [1.29, 1.82) is 0 Å². The quantitative estimate of drug-likeness (QED) is 0.685. The van der Waals surface area contributed by atoms with Gasteiger partial charge >= 0.3 is 38.8 Å². The maximum Gasteiger partial charge on any atom is 3.00 e. The van der Waals surface area contributed by atoms with Crippen LogP contribution >= 0.6 is 0 Å². The molecular formula is C16H31N3O4Y+. The van der Waals surface area contributed by atoms with Gasteiger partial charge in [0.25, 0.3) is 0 Å². The molecule has 1 aliphatic rings. The monoisotopic (exact) mass is 418 g/mol. The van der Waals surface area contributed by atoms with Gasteiger partial charge < -0.3 is 33.9 Å². The molecule has 1 rings (SSSR count). The van der Waals surface area contributed by atoms with Crippen molar-refractivity contribution in [2.75, 3.05) is 19.8 Å². The van der Waals surface area contributed by atoms with E-state index in [9.17, 15) is 14.8 Å². The van der Waals surface area contributed by atoms with Crippen LogP contribution in [0.15, 0.2) is 0 Å². The van der Waals surface area contributed by atoms with Crippen LogP contribution in [0.3, 0.4) is 0 Å². The van der Waals surface area contributed by atoms with E-state index in [0.29, 0.717) is 6.54 Å². The average Bonchev–Trinajstić information content (AvgIpc) is 2.78. The van der Waals surface area contributed by atoms with E-state index in [4.69, 9.17) is 4.74 Å². The minimum absolute atomic E-state index is 0. The minimum atomic E-state index is -0.572. The molecule has 0 aromatic carbocycles. The number of ether oxygens (including phenoxy) is 1. The first kappa shape index (κ1) is 25.9. The minimum Gasteiger partial charge on any atom is -0.444 e. The average molecular weight is 418 g/mol. The second-order valence-corrected chi connectivity index (χ2v) is 6.45. The molecule has 0 aromatic heterocycles. The molecule has 2 N–H and O–H groups in total. The zero-order valence-electron chi connectivity index (χ0n) is 15.4. The molecule has 1 saturated heterocycles. The predicted molar refractivity (Wildman–Crippen MR) is 88.5 cm³/mol. The van der Waals surface area contributed by atoms with Crippen LogP contribution in [-0.2, 0) is 42.2 Å². The molecule has 1 unspecified atom stereocenters. The number of nitrogens with one attached hydrogen (secondary N) is 1. The van der Waals surface area contributed by atoms with Crippen molar-refractivity contribution in [2.45, 2.75) is 58.6 Å². The molecule has 8 heteroatoms. The fourth-order valence-electron chi connectivity index (χ4n) is 1.81. The van der Waals surface area contributed by atoms with Gasteiger partial charge in [0.05, 0.1) is 11.9 Å². The summed E-state index contributed by atoms with van der Waals surface area (Å²) in [4.78, 5) is 23.8. The van der Waals surface area contributed by atoms with Gasteiger partial charge in [-0.25, -0.2) is 4.79 Å². The number of unbranched alkanes of at least 4 members (excludes halogenated alkanes) is 2. The van der Waals surface area contributed by atoms with Gasteiger partial charge in [-0.15, -0.1) is 0 Å². The second-order valence-electron chi connectivity index (χ2n) is 6.45. The number of carbonyl (C=O) groups excluding carboxylic acids is 2. The summed E-state index contributed by atoms with van der Waals surface area (Å²) in [5.74, 6) is -0.417. The van der Waals surface area contributed by atoms with Crippen molar-refractivity contribution in [2.24, 2.45) is 0 Å². The third-order valence-corrected chi connectivity index (χ3v) is 2.96. The van der Waals surface area contributed by atoms with E-state index in [1.54, 1.807) is 20.8 Å². The van der Waals surface area contributed by atoms with Crippen LogP contribution < -0.4 is 5.32 Å². The van der Waals surface area contributed by atoms with Crippen molar-refractivity contribution < 1.29 is 52.2 Å². The van der Waals surface area contributed by atoms with Gasteiger partial charge in [-0.3, -0.25) is 4.90 Å². The molecule has 1 heterocycles. The topological polar surface area (TPSA) is 82.1 Å². The number of nitrogens with zero attached hydrogens (tertiary/aromatic N) is 2. The molecule has 0 aromatic rings. The fraction of sp³-hybridized carbons (Fsp3) is 0.750. The Labute approximate surface area is 171 Å². The van der Waals surface area contributed by atoms with Gasteiger partial charge in [0.2, 0.25) is 0 Å². The summed E-state index contributed by atoms with van der Waals surface area (Å²) < 4.78 is 5.19. The standard InChI is InChI=1S/C11H20N3O4.C5H11.Y/c1-8(15)12-5-9-6-13(7-14(9)17)10(16)18-11(2,3)4;1-3-5-4-2;/h9,17H,1,5-7H2,2-4H3,(H,12,15);1,3-5H2,2H3;/q2*-1;+3. The zero-order valence-corrected chi connectivity index (χ0v) is 18.2. The predicted octanol–water partition coefficient (Wildman–Crippen LogP) is 2.21. The van der Waals surface area contributed by atoms with Crippen LogP contribution in [0.25, 0.3) is 0 Å². The van der Waals surface area contributed by atoms with E-state index < -0.39 is 17.6 Å². The Kier molecular flexibility index (Phi) is 13.9. The summed E-state index contributed by atoms with van der Waals surface area (Å²) in [6.45, 7) is 14.9. The fourth-order valence-corrected chi connectivity index (χ4v) is 1.81. The molecule has 0 aliphatic carbocycles. The molecule has 1 atom stereocenters. The summed E-state index contributed by atoms with van der Waals surface area (Å²) in [5.41, 5.74) is -0.572.